The predicted octanol–water partition coefficient (Wildman–Crippen LogP) is 2.79. The van der Waals surface area contributed by atoms with Gasteiger partial charge < -0.3 is 34.5 Å². The van der Waals surface area contributed by atoms with Crippen LogP contribution in [0, 0.1) is 5.41 Å². The highest BCUT2D eigenvalue weighted by atomic mass is 16.8. The number of nitrogens with one attached hydrogen (secondary N) is 1. The molecule has 0 spiro atoms. The van der Waals surface area contributed by atoms with Crippen molar-refractivity contribution in [3.63, 3.8) is 0 Å². The first-order valence-corrected chi connectivity index (χ1v) is 16.0. The first-order chi connectivity index (χ1) is 22.5. The lowest BCUT2D eigenvalue weighted by molar-refractivity contribution is -0.201. The molecule has 3 N–H and O–H groups in total. The number of ether oxygens (including phenoxy) is 4. The van der Waals surface area contributed by atoms with E-state index in [1.165, 1.54) is 5.06 Å². The van der Waals surface area contributed by atoms with E-state index >= 15 is 0 Å². The highest BCUT2D eigenvalue weighted by Crippen LogP contribution is 2.55. The van der Waals surface area contributed by atoms with Crippen LogP contribution in [0.25, 0.3) is 6.08 Å². The minimum atomic E-state index is -1.40. The lowest BCUT2D eigenvalue weighted by Gasteiger charge is -2.49. The van der Waals surface area contributed by atoms with Gasteiger partial charge in [-0.3, -0.25) is 19.2 Å². The molecule has 1 amide bonds. The van der Waals surface area contributed by atoms with Crippen LogP contribution in [0.15, 0.2) is 54.6 Å². The molecule has 1 aliphatic carbocycles. The Morgan fingerprint density at radius 1 is 1.11 bits per heavy atom. The second-order valence-corrected chi connectivity index (χ2v) is 13.5. The Morgan fingerprint density at radius 2 is 1.83 bits per heavy atom. The van der Waals surface area contributed by atoms with E-state index in [0.29, 0.717) is 6.42 Å². The highest BCUT2D eigenvalue weighted by molar-refractivity contribution is 5.93. The number of aromatic hydroxyl groups is 1. The summed E-state index contributed by atoms with van der Waals surface area (Å²) in [6.45, 7) is 5.03. The Kier molecular flexibility index (Phi) is 9.41. The van der Waals surface area contributed by atoms with E-state index in [1.807, 2.05) is 48.6 Å². The summed E-state index contributed by atoms with van der Waals surface area (Å²) < 4.78 is 23.0. The number of esters is 2. The van der Waals surface area contributed by atoms with Crippen LogP contribution in [0.2, 0.25) is 0 Å². The van der Waals surface area contributed by atoms with Crippen molar-refractivity contribution in [1.82, 2.24) is 10.4 Å². The van der Waals surface area contributed by atoms with Gasteiger partial charge in [0.05, 0.1) is 19.2 Å². The third-order valence-electron chi connectivity index (χ3n) is 9.18. The van der Waals surface area contributed by atoms with Gasteiger partial charge in [0.25, 0.3) is 0 Å². The Labute approximate surface area is 273 Å². The number of benzene rings is 2. The molecule has 3 heterocycles. The Hall–Kier alpha value is -3.81. The average Bonchev–Trinajstić information content (AvgIpc) is 3.65. The molecular formula is C35H42N2O10. The third-order valence-corrected chi connectivity index (χ3v) is 9.18. The number of aliphatic hydroxyl groups excluding tert-OH is 1. The van der Waals surface area contributed by atoms with Gasteiger partial charge in [-0.15, -0.1) is 0 Å². The van der Waals surface area contributed by atoms with Crippen LogP contribution in [0.3, 0.4) is 0 Å². The molecule has 3 saturated heterocycles. The molecule has 7 atom stereocenters. The molecule has 4 aliphatic rings. The summed E-state index contributed by atoms with van der Waals surface area (Å²) >= 11 is 0. The zero-order chi connectivity index (χ0) is 33.3. The number of hydrogen-bond donors (Lipinski definition) is 3. The molecule has 12 heteroatoms. The number of aliphatic hydroxyl groups is 1. The molecule has 1 saturated carbocycles. The smallest absolute Gasteiger partial charge is 0.327 e. The van der Waals surface area contributed by atoms with Gasteiger partial charge in [-0.25, -0.2) is 0 Å². The minimum Gasteiger partial charge on any atom is -0.508 e. The highest BCUT2D eigenvalue weighted by Gasteiger charge is 2.74. The number of allylic oxidation sites excluding steroid dienone is 1. The molecule has 6 rings (SSSR count). The number of fused-ring (bicyclic) bond motifs is 4. The van der Waals surface area contributed by atoms with Gasteiger partial charge >= 0.3 is 11.9 Å². The van der Waals surface area contributed by atoms with Crippen molar-refractivity contribution < 1.29 is 48.4 Å². The van der Waals surface area contributed by atoms with Gasteiger partial charge in [-0.2, -0.15) is 5.06 Å². The average molecular weight is 651 g/mol. The van der Waals surface area contributed by atoms with E-state index < -0.39 is 72.0 Å². The van der Waals surface area contributed by atoms with Crippen molar-refractivity contribution in [2.24, 2.45) is 5.41 Å². The number of nitrogens with zero attached hydrogens (tertiary/aromatic N) is 1. The maximum atomic E-state index is 14.4. The summed E-state index contributed by atoms with van der Waals surface area (Å²) in [6.07, 6.45) is 1.87. The van der Waals surface area contributed by atoms with Crippen LogP contribution in [0.1, 0.15) is 56.7 Å². The quantitative estimate of drug-likeness (QED) is 0.308. The zero-order valence-corrected chi connectivity index (χ0v) is 26.8. The van der Waals surface area contributed by atoms with Crippen LogP contribution >= 0.6 is 0 Å². The van der Waals surface area contributed by atoms with Crippen LogP contribution in [0.5, 0.6) is 5.75 Å². The summed E-state index contributed by atoms with van der Waals surface area (Å²) in [4.78, 5) is 47.0. The van der Waals surface area contributed by atoms with Crippen LogP contribution in [0.4, 0.5) is 0 Å². The summed E-state index contributed by atoms with van der Waals surface area (Å²) in [5, 5.41) is 24.7. The van der Waals surface area contributed by atoms with Gasteiger partial charge in [-0.05, 0) is 56.4 Å². The van der Waals surface area contributed by atoms with E-state index in [4.69, 9.17) is 23.8 Å². The standard InChI is InChI=1S/C35H42N2O10/c1-34(2,3)46-27(40)16-15-24(19-38)36-33(42)35-17-26-28-29(44-20-43-28)31(35)47-37(30(35)32(41)45-26)18-23-11-5-4-9-21(23)12-8-13-22-10-6-7-14-25(22)39/h4-12,14,24,26,28-31,38-39H,13,15-20H2,1-3H3,(H,36,42)/t24-,26+,28-,29-,30-,31+,35-/m0/s1. The van der Waals surface area contributed by atoms with Gasteiger partial charge in [0.1, 0.15) is 48.0 Å². The van der Waals surface area contributed by atoms with E-state index in [0.717, 1.165) is 16.7 Å². The number of hydrogen-bond acceptors (Lipinski definition) is 11. The number of amides is 1. The van der Waals surface area contributed by atoms with Gasteiger partial charge in [0.15, 0.2) is 6.04 Å². The Bertz CT molecular complexity index is 1520. The summed E-state index contributed by atoms with van der Waals surface area (Å²) in [7, 11) is 0. The topological polar surface area (TPSA) is 153 Å². The van der Waals surface area contributed by atoms with E-state index in [-0.39, 0.29) is 38.3 Å². The molecule has 0 unspecified atom stereocenters. The van der Waals surface area contributed by atoms with Crippen molar-refractivity contribution in [1.29, 1.82) is 0 Å². The van der Waals surface area contributed by atoms with Gasteiger partial charge in [0, 0.05) is 12.8 Å². The molecule has 47 heavy (non-hydrogen) atoms. The molecule has 3 aliphatic heterocycles. The molecule has 4 fully saturated rings. The van der Waals surface area contributed by atoms with Gasteiger partial charge in [0.2, 0.25) is 5.91 Å². The lowest BCUT2D eigenvalue weighted by Crippen LogP contribution is -2.70. The lowest BCUT2D eigenvalue weighted by atomic mass is 9.62. The number of rotatable bonds is 11. The monoisotopic (exact) mass is 650 g/mol. The fourth-order valence-corrected chi connectivity index (χ4v) is 7.05. The van der Waals surface area contributed by atoms with Crippen molar-refractivity contribution in [2.75, 3.05) is 13.4 Å². The van der Waals surface area contributed by atoms with E-state index in [2.05, 4.69) is 5.32 Å². The van der Waals surface area contributed by atoms with Crippen molar-refractivity contribution in [3.05, 3.63) is 71.3 Å². The number of carbonyl (C=O) groups excluding carboxylic acids is 3. The molecule has 2 aromatic rings. The second-order valence-electron chi connectivity index (χ2n) is 13.5. The fraction of sp³-hybridized carbons (Fsp3) is 0.514. The van der Waals surface area contributed by atoms with Crippen molar-refractivity contribution in [3.8, 4) is 5.75 Å². The van der Waals surface area contributed by atoms with E-state index in [1.54, 1.807) is 32.9 Å². The summed E-state index contributed by atoms with van der Waals surface area (Å²) in [5.41, 5.74) is 0.455. The van der Waals surface area contributed by atoms with Crippen LogP contribution in [-0.2, 0) is 51.1 Å². The fourth-order valence-electron chi connectivity index (χ4n) is 7.05. The Morgan fingerprint density at radius 3 is 2.57 bits per heavy atom. The molecule has 2 bridgehead atoms. The molecule has 0 radical (unpaired) electrons. The minimum absolute atomic E-state index is 0.00817. The Balaban J connectivity index is 1.25. The molecule has 2 aromatic carbocycles. The molecular weight excluding hydrogens is 608 g/mol. The predicted molar refractivity (Wildman–Crippen MR) is 167 cm³/mol. The number of phenolic OH excluding ortho intramolecular Hbond substituents is 1. The number of phenols is 1. The SMILES string of the molecule is CC(C)(C)OC(=O)CC[C@@H](CO)NC(=O)[C@@]12C[C@H]3OC(=O)[C@@H]1N(Cc1ccccc1C=CCc1ccccc1O)O[C@@H]2[C@H]1OCO[C@H]13. The maximum absolute atomic E-state index is 14.4. The largest absolute Gasteiger partial charge is 0.508 e. The van der Waals surface area contributed by atoms with Crippen molar-refractivity contribution >= 4 is 23.9 Å². The molecule has 0 aromatic heterocycles. The van der Waals surface area contributed by atoms with Crippen LogP contribution in [-0.4, -0.2) is 88.6 Å². The third kappa shape index (κ3) is 6.66. The van der Waals surface area contributed by atoms with E-state index in [9.17, 15) is 24.6 Å². The second kappa shape index (κ2) is 13.4. The maximum Gasteiger partial charge on any atom is 0.327 e. The summed E-state index contributed by atoms with van der Waals surface area (Å²) in [5.74, 6) is -1.30. The molecule has 252 valence electrons. The first kappa shape index (κ1) is 33.1. The van der Waals surface area contributed by atoms with Crippen molar-refractivity contribution in [2.45, 2.75) is 95.1 Å². The normalized spacial score (nSPS) is 28.9. The summed E-state index contributed by atoms with van der Waals surface area (Å²) in [6, 6.07) is 12.9. The number of para-hydroxylation sites is 1. The van der Waals surface area contributed by atoms with Gasteiger partial charge in [-0.1, -0.05) is 54.6 Å². The zero-order valence-electron chi connectivity index (χ0n) is 26.8. The number of hydroxylamine groups is 2. The first-order valence-electron chi connectivity index (χ1n) is 16.0. The molecule has 12 nitrogen and oxygen atoms in total. The number of carbonyl (C=O) groups is 3. The van der Waals surface area contributed by atoms with Crippen LogP contribution < -0.4 is 5.32 Å².